The van der Waals surface area contributed by atoms with Crippen molar-refractivity contribution in [1.82, 2.24) is 9.80 Å². The Morgan fingerprint density at radius 3 is 2.75 bits per heavy atom. The van der Waals surface area contributed by atoms with E-state index in [9.17, 15) is 19.5 Å². The number of imide groups is 1. The van der Waals surface area contributed by atoms with Crippen molar-refractivity contribution in [2.24, 2.45) is 0 Å². The number of hydrogen-bond acceptors (Lipinski definition) is 5. The van der Waals surface area contributed by atoms with Gasteiger partial charge < -0.3 is 10.0 Å². The lowest BCUT2D eigenvalue weighted by Gasteiger charge is -2.36. The summed E-state index contributed by atoms with van der Waals surface area (Å²) < 4.78 is 0. The number of benzene rings is 1. The molecule has 2 aliphatic rings. The lowest BCUT2D eigenvalue weighted by Crippen LogP contribution is -2.49. The molecule has 1 atom stereocenters. The average Bonchev–Trinajstić information content (AvgIpc) is 2.97. The molecule has 0 bridgehead atoms. The summed E-state index contributed by atoms with van der Waals surface area (Å²) >= 11 is 0.853. The summed E-state index contributed by atoms with van der Waals surface area (Å²) in [4.78, 5) is 40.5. The number of allylic oxidation sites excluding steroid dienone is 2. The summed E-state index contributed by atoms with van der Waals surface area (Å²) in [6.07, 6.45) is 8.49. The molecule has 2 heterocycles. The van der Waals surface area contributed by atoms with Crippen LogP contribution in [-0.4, -0.2) is 57.7 Å². The van der Waals surface area contributed by atoms with Gasteiger partial charge in [-0.05, 0) is 49.1 Å². The molecule has 0 saturated carbocycles. The van der Waals surface area contributed by atoms with Crippen LogP contribution in [0.15, 0.2) is 47.4 Å². The monoisotopic (exact) mass is 400 g/mol. The fourth-order valence-electron chi connectivity index (χ4n) is 3.47. The van der Waals surface area contributed by atoms with Crippen LogP contribution in [0.25, 0.3) is 6.08 Å². The summed E-state index contributed by atoms with van der Waals surface area (Å²) in [5.74, 6) is -0.668. The number of piperidine rings is 1. The van der Waals surface area contributed by atoms with E-state index < -0.39 is 11.1 Å². The maximum atomic E-state index is 12.7. The smallest absolute Gasteiger partial charge is 0.294 e. The molecule has 3 amide bonds. The third-order valence-electron chi connectivity index (χ3n) is 4.91. The van der Waals surface area contributed by atoms with Gasteiger partial charge in [-0.2, -0.15) is 0 Å². The van der Waals surface area contributed by atoms with Crippen LogP contribution in [0.2, 0.25) is 0 Å². The molecule has 2 fully saturated rings. The number of aliphatic hydroxyl groups excluding tert-OH is 1. The van der Waals surface area contributed by atoms with Crippen LogP contribution in [0, 0.1) is 0 Å². The molecule has 1 unspecified atom stereocenters. The van der Waals surface area contributed by atoms with E-state index in [2.05, 4.69) is 0 Å². The molecule has 0 radical (unpaired) electrons. The van der Waals surface area contributed by atoms with Crippen LogP contribution < -0.4 is 0 Å². The van der Waals surface area contributed by atoms with Crippen molar-refractivity contribution in [3.8, 4) is 0 Å². The number of rotatable bonds is 6. The average molecular weight is 401 g/mol. The zero-order valence-corrected chi connectivity index (χ0v) is 16.4. The highest BCUT2D eigenvalue weighted by Gasteiger charge is 2.38. The van der Waals surface area contributed by atoms with E-state index >= 15 is 0 Å². The van der Waals surface area contributed by atoms with E-state index in [1.807, 2.05) is 36.4 Å². The molecule has 148 valence electrons. The van der Waals surface area contributed by atoms with Gasteiger partial charge in [0.1, 0.15) is 6.54 Å². The molecule has 6 nitrogen and oxygen atoms in total. The Balaban J connectivity index is 1.64. The van der Waals surface area contributed by atoms with Gasteiger partial charge in [0.2, 0.25) is 5.91 Å². The molecule has 1 aromatic carbocycles. The Hall–Kier alpha value is -2.38. The summed E-state index contributed by atoms with van der Waals surface area (Å²) in [6, 6.07) is 9.63. The molecule has 1 N–H and O–H groups in total. The second-order valence-electron chi connectivity index (χ2n) is 6.81. The highest BCUT2D eigenvalue weighted by molar-refractivity contribution is 8.18. The summed E-state index contributed by atoms with van der Waals surface area (Å²) in [7, 11) is 0. The van der Waals surface area contributed by atoms with Crippen LogP contribution in [0.5, 0.6) is 0 Å². The van der Waals surface area contributed by atoms with Crippen molar-refractivity contribution in [1.29, 1.82) is 0 Å². The maximum Gasteiger partial charge on any atom is 0.294 e. The number of likely N-dealkylation sites (tertiary alicyclic amines) is 1. The Morgan fingerprint density at radius 1 is 1.21 bits per heavy atom. The van der Waals surface area contributed by atoms with Crippen LogP contribution in [0.3, 0.4) is 0 Å². The minimum atomic E-state index is -0.434. The third-order valence-corrected chi connectivity index (χ3v) is 5.84. The fourth-order valence-corrected chi connectivity index (χ4v) is 4.26. The number of carbonyl (C=O) groups excluding carboxylic acids is 3. The van der Waals surface area contributed by atoms with Gasteiger partial charge in [-0.15, -0.1) is 0 Å². The minimum absolute atomic E-state index is 0.0180. The van der Waals surface area contributed by atoms with Crippen LogP contribution in [0.4, 0.5) is 4.79 Å². The predicted molar refractivity (Wildman–Crippen MR) is 109 cm³/mol. The first-order chi connectivity index (χ1) is 13.6. The molecule has 0 aliphatic carbocycles. The van der Waals surface area contributed by atoms with E-state index in [1.54, 1.807) is 17.1 Å². The quantitative estimate of drug-likeness (QED) is 0.743. The Morgan fingerprint density at radius 2 is 2.00 bits per heavy atom. The van der Waals surface area contributed by atoms with Crippen LogP contribution in [-0.2, 0) is 9.59 Å². The summed E-state index contributed by atoms with van der Waals surface area (Å²) in [5, 5.41) is 8.79. The van der Waals surface area contributed by atoms with Crippen molar-refractivity contribution >= 4 is 34.9 Å². The second-order valence-corrected chi connectivity index (χ2v) is 7.80. The number of nitrogens with zero attached hydrogens (tertiary/aromatic N) is 2. The van der Waals surface area contributed by atoms with Crippen molar-refractivity contribution in [3.63, 3.8) is 0 Å². The Kier molecular flexibility index (Phi) is 7.06. The van der Waals surface area contributed by atoms with Gasteiger partial charge >= 0.3 is 0 Å². The first kappa shape index (κ1) is 20.4. The lowest BCUT2D eigenvalue weighted by molar-refractivity contribution is -0.139. The van der Waals surface area contributed by atoms with Crippen molar-refractivity contribution in [2.75, 3.05) is 19.7 Å². The van der Waals surface area contributed by atoms with E-state index in [0.717, 1.165) is 41.5 Å². The fraction of sp³-hybridized carbons (Fsp3) is 0.381. The van der Waals surface area contributed by atoms with Gasteiger partial charge in [-0.1, -0.05) is 42.5 Å². The van der Waals surface area contributed by atoms with Crippen molar-refractivity contribution < 1.29 is 19.5 Å². The summed E-state index contributed by atoms with van der Waals surface area (Å²) in [6.45, 7) is 0.383. The molecule has 1 aromatic rings. The molecule has 7 heteroatoms. The van der Waals surface area contributed by atoms with Crippen LogP contribution in [0.1, 0.15) is 31.2 Å². The topological polar surface area (TPSA) is 77.9 Å². The normalized spacial score (nSPS) is 21.9. The Bertz CT molecular complexity index is 789. The van der Waals surface area contributed by atoms with Gasteiger partial charge in [0.15, 0.2) is 0 Å². The summed E-state index contributed by atoms with van der Waals surface area (Å²) in [5.41, 5.74) is 0.994. The number of aliphatic hydroxyl groups is 1. The van der Waals surface area contributed by atoms with Gasteiger partial charge in [-0.3, -0.25) is 19.3 Å². The molecular weight excluding hydrogens is 376 g/mol. The highest BCUT2D eigenvalue weighted by Crippen LogP contribution is 2.31. The molecule has 0 aromatic heterocycles. The molecule has 28 heavy (non-hydrogen) atoms. The SMILES string of the molecule is O=C1S/C(=C\C=C\c2ccccc2)C(=O)N1CC(=O)N1CCCCC1CCO. The standard InChI is InChI=1S/C21H24N2O4S/c24-14-12-17-10-4-5-13-22(17)19(25)15-23-20(26)18(28-21(23)27)11-6-9-16-7-2-1-3-8-16/h1-3,6-9,11,17,24H,4-5,10,12-15H2/b9-6+,18-11-. The van der Waals surface area contributed by atoms with Gasteiger partial charge in [0, 0.05) is 19.2 Å². The zero-order chi connectivity index (χ0) is 19.9. The number of amides is 3. The zero-order valence-electron chi connectivity index (χ0n) is 15.6. The Labute approximate surface area is 168 Å². The van der Waals surface area contributed by atoms with Gasteiger partial charge in [0.05, 0.1) is 4.91 Å². The van der Waals surface area contributed by atoms with E-state index in [-0.39, 0.29) is 25.1 Å². The minimum Gasteiger partial charge on any atom is -0.396 e. The highest BCUT2D eigenvalue weighted by atomic mass is 32.2. The first-order valence-corrected chi connectivity index (χ1v) is 10.3. The van der Waals surface area contributed by atoms with E-state index in [0.29, 0.717) is 17.9 Å². The molecule has 3 rings (SSSR count). The predicted octanol–water partition coefficient (Wildman–Crippen LogP) is 3.04. The first-order valence-electron chi connectivity index (χ1n) is 9.47. The van der Waals surface area contributed by atoms with Crippen LogP contribution >= 0.6 is 11.8 Å². The van der Waals surface area contributed by atoms with Crippen molar-refractivity contribution in [2.45, 2.75) is 31.7 Å². The van der Waals surface area contributed by atoms with E-state index in [4.69, 9.17) is 0 Å². The lowest BCUT2D eigenvalue weighted by atomic mass is 9.99. The number of hydrogen-bond donors (Lipinski definition) is 1. The second kappa shape index (κ2) is 9.71. The van der Waals surface area contributed by atoms with Gasteiger partial charge in [-0.25, -0.2) is 0 Å². The third kappa shape index (κ3) is 4.91. The van der Waals surface area contributed by atoms with E-state index in [1.165, 1.54) is 0 Å². The number of carbonyl (C=O) groups is 3. The largest absolute Gasteiger partial charge is 0.396 e. The molecule has 2 aliphatic heterocycles. The molecule has 0 spiro atoms. The maximum absolute atomic E-state index is 12.7. The van der Waals surface area contributed by atoms with Gasteiger partial charge in [0.25, 0.3) is 11.1 Å². The molecular formula is C21H24N2O4S. The number of thioether (sulfide) groups is 1. The molecule has 2 saturated heterocycles. The van der Waals surface area contributed by atoms with Crippen molar-refractivity contribution in [3.05, 3.63) is 53.0 Å².